The lowest BCUT2D eigenvalue weighted by molar-refractivity contribution is -0.395. The Morgan fingerprint density at radius 1 is 0.524 bits per heavy atom. The van der Waals surface area contributed by atoms with Gasteiger partial charge in [0.15, 0.2) is 31.5 Å². The quantitative estimate of drug-likeness (QED) is 0.0507. The number of aliphatic hydroxyl groups excluding tert-OH is 16. The summed E-state index contributed by atoms with van der Waals surface area (Å²) >= 11 is 0. The van der Waals surface area contributed by atoms with E-state index in [2.05, 4.69) is 40.7 Å². The molecule has 84 heavy (non-hydrogen) atoms. The summed E-state index contributed by atoms with van der Waals surface area (Å²) in [4.78, 5) is 0. The minimum absolute atomic E-state index is 0.00387. The van der Waals surface area contributed by atoms with Crippen molar-refractivity contribution in [3.8, 4) is 0 Å². The van der Waals surface area contributed by atoms with Crippen LogP contribution in [0, 0.1) is 45.3 Å². The first kappa shape index (κ1) is 67.1. The Balaban J connectivity index is 0.934. The molecule has 5 saturated heterocycles. The van der Waals surface area contributed by atoms with Gasteiger partial charge in [-0.2, -0.15) is 0 Å². The number of hydrogen-bond acceptors (Lipinski definition) is 26. The molecule has 0 spiro atoms. The molecular formula is C58H98O26. The Kier molecular flexibility index (Phi) is 20.6. The van der Waals surface area contributed by atoms with Crippen molar-refractivity contribution < 1.29 is 129 Å². The predicted octanol–water partition coefficient (Wildman–Crippen LogP) is -3.10. The second-order valence-corrected chi connectivity index (χ2v) is 27.7. The highest BCUT2D eigenvalue weighted by Gasteiger charge is 2.72. The molecule has 486 valence electrons. The molecule has 0 aromatic carbocycles. The minimum atomic E-state index is -1.88. The van der Waals surface area contributed by atoms with Gasteiger partial charge in [-0.05, 0) is 124 Å². The van der Waals surface area contributed by atoms with Gasteiger partial charge < -0.3 is 129 Å². The Bertz CT molecular complexity index is 2210. The summed E-state index contributed by atoms with van der Waals surface area (Å²) < 4.78 is 60.9. The van der Waals surface area contributed by atoms with Gasteiger partial charge in [-0.25, -0.2) is 0 Å². The number of rotatable bonds is 17. The van der Waals surface area contributed by atoms with Crippen LogP contribution in [0.4, 0.5) is 0 Å². The Hall–Kier alpha value is -1.30. The number of hydrogen-bond donors (Lipinski definition) is 16. The largest absolute Gasteiger partial charge is 0.394 e. The zero-order valence-corrected chi connectivity index (χ0v) is 49.5. The van der Waals surface area contributed by atoms with Gasteiger partial charge in [-0.3, -0.25) is 0 Å². The van der Waals surface area contributed by atoms with Gasteiger partial charge in [0.25, 0.3) is 0 Å². The summed E-state index contributed by atoms with van der Waals surface area (Å²) in [6.07, 6.45) is -30.9. The zero-order valence-electron chi connectivity index (χ0n) is 49.5. The third kappa shape index (κ3) is 12.0. The van der Waals surface area contributed by atoms with Crippen molar-refractivity contribution in [2.45, 2.75) is 272 Å². The summed E-state index contributed by atoms with van der Waals surface area (Å²) in [7, 11) is 0. The lowest BCUT2D eigenvalue weighted by Gasteiger charge is -2.71. The van der Waals surface area contributed by atoms with Gasteiger partial charge in [0, 0.05) is 0 Å². The molecule has 16 N–H and O–H groups in total. The lowest BCUT2D eigenvalue weighted by Crippen LogP contribution is -2.68. The van der Waals surface area contributed by atoms with E-state index in [-0.39, 0.29) is 41.1 Å². The monoisotopic (exact) mass is 1210 g/mol. The zero-order chi connectivity index (χ0) is 61.5. The van der Waals surface area contributed by atoms with Gasteiger partial charge in [0.2, 0.25) is 0 Å². The van der Waals surface area contributed by atoms with Crippen LogP contribution in [-0.4, -0.2) is 274 Å². The summed E-state index contributed by atoms with van der Waals surface area (Å²) in [6, 6.07) is 0. The fourth-order valence-corrected chi connectivity index (χ4v) is 17.2. The molecule has 0 amide bonds. The van der Waals surface area contributed by atoms with E-state index in [1.165, 1.54) is 0 Å². The van der Waals surface area contributed by atoms with Crippen LogP contribution in [0.5, 0.6) is 0 Å². The fraction of sp³-hybridized carbons (Fsp3) is 0.966. The van der Waals surface area contributed by atoms with Crippen molar-refractivity contribution in [1.82, 2.24) is 0 Å². The third-order valence-corrected chi connectivity index (χ3v) is 22.2. The molecule has 0 unspecified atom stereocenters. The van der Waals surface area contributed by atoms with Crippen LogP contribution in [0.2, 0.25) is 0 Å². The SMILES string of the molecule is CC(C)=CCC[C@](C)(O[C@H]1O[C@H](CO[C@@H]2OC[C@H](O)[C@H](O)[C@@H]2O)[C@H](O)[C@@H](O)[C@H]1O)[C@@H]1CC[C@]2(C)[C@H]1[C@H](O)C[C@H]1[C@@]3(C)CC[C@H](O[C@H]4O[C@@H](CO)[C@H](O)[C@@H](O)[C@@H]4O[C@H]4O[C@H](CO)[C@@H](O)[C@@H](O)[C@@H]4O[C@H]4OC[C@@H](O)[C@@H](O)[C@@H]4O)C(C)(C)[C@@H]3CC[C@@]12C. The van der Waals surface area contributed by atoms with Crippen molar-refractivity contribution >= 4 is 0 Å². The Morgan fingerprint density at radius 3 is 1.62 bits per heavy atom. The molecule has 26 nitrogen and oxygen atoms in total. The second-order valence-electron chi connectivity index (χ2n) is 27.7. The molecule has 5 heterocycles. The normalized spacial score (nSPS) is 53.0. The van der Waals surface area contributed by atoms with Crippen molar-refractivity contribution in [1.29, 1.82) is 0 Å². The molecule has 9 rings (SSSR count). The van der Waals surface area contributed by atoms with Crippen LogP contribution < -0.4 is 0 Å². The van der Waals surface area contributed by atoms with E-state index in [1.807, 2.05) is 20.8 Å². The van der Waals surface area contributed by atoms with Gasteiger partial charge in [0.05, 0.1) is 50.8 Å². The van der Waals surface area contributed by atoms with E-state index >= 15 is 0 Å². The average Bonchev–Trinajstić information content (AvgIpc) is 1.22. The van der Waals surface area contributed by atoms with Gasteiger partial charge in [0.1, 0.15) is 110 Å². The van der Waals surface area contributed by atoms with Crippen LogP contribution in [0.1, 0.15) is 113 Å². The molecule has 0 aromatic heterocycles. The molecule has 9 aliphatic rings. The van der Waals surface area contributed by atoms with E-state index in [1.54, 1.807) is 0 Å². The van der Waals surface area contributed by atoms with E-state index in [0.717, 1.165) is 24.8 Å². The summed E-state index contributed by atoms with van der Waals surface area (Å²) in [5, 5.41) is 175. The van der Waals surface area contributed by atoms with Gasteiger partial charge in [-0.15, -0.1) is 0 Å². The van der Waals surface area contributed by atoms with Crippen LogP contribution in [0.25, 0.3) is 0 Å². The first-order valence-electron chi connectivity index (χ1n) is 30.2. The van der Waals surface area contributed by atoms with E-state index in [9.17, 15) is 81.7 Å². The van der Waals surface area contributed by atoms with E-state index in [0.29, 0.717) is 38.5 Å². The minimum Gasteiger partial charge on any atom is -0.394 e. The maximum atomic E-state index is 12.9. The molecule has 4 saturated carbocycles. The molecule has 33 atom stereocenters. The van der Waals surface area contributed by atoms with Crippen LogP contribution in [0.15, 0.2) is 11.6 Å². The molecule has 5 aliphatic heterocycles. The molecule has 4 aliphatic carbocycles. The maximum absolute atomic E-state index is 12.9. The fourth-order valence-electron chi connectivity index (χ4n) is 17.2. The highest BCUT2D eigenvalue weighted by molar-refractivity contribution is 5.21. The molecule has 0 radical (unpaired) electrons. The summed E-state index contributed by atoms with van der Waals surface area (Å²) in [6.45, 7) is 14.3. The van der Waals surface area contributed by atoms with Crippen molar-refractivity contribution in [3.63, 3.8) is 0 Å². The van der Waals surface area contributed by atoms with Crippen LogP contribution in [-0.2, 0) is 47.4 Å². The van der Waals surface area contributed by atoms with Crippen molar-refractivity contribution in [2.24, 2.45) is 45.3 Å². The molecule has 26 heteroatoms. The summed E-state index contributed by atoms with van der Waals surface area (Å²) in [5.41, 5.74) is -1.75. The summed E-state index contributed by atoms with van der Waals surface area (Å²) in [5.74, 6) is -0.576. The highest BCUT2D eigenvalue weighted by atomic mass is 16.8. The van der Waals surface area contributed by atoms with Gasteiger partial charge >= 0.3 is 0 Å². The third-order valence-electron chi connectivity index (χ3n) is 22.2. The topological polar surface area (TPSA) is 416 Å². The number of allylic oxidation sites excluding steroid dienone is 2. The first-order chi connectivity index (χ1) is 39.4. The molecule has 9 fully saturated rings. The standard InChI is InChI=1S/C58H98O26/c1-24(2)10-9-14-58(8,84-51-46(74)41(69)40(68)31(80-51)23-77-49-44(72)36(64)27(62)21-75-49)25-11-16-57(7)35(25)26(61)18-33-55(5)15-13-34(54(3,4)32(55)12-17-56(33,57)6)81-52-47(42(70)38(66)29(19-59)78-52)83-53-48(43(71)39(67)30(20-60)79-53)82-50-45(73)37(65)28(63)22-76-50/h10,25-53,59-74H,9,11-23H2,1-8H3/t25-,26-,27+,28-,29+,30-,31-,32+,33+,34+,35-,36+,37-,38+,39-,40+,41-,42-,43-,44+,45+,46-,47+,48+,49+,50-,51-,52-,53-,55+,56+,57-,58+/m1/s1. The second kappa shape index (κ2) is 25.8. The number of fused-ring (bicyclic) bond motifs is 5. The molecule has 0 aromatic rings. The molecular weight excluding hydrogens is 1110 g/mol. The Morgan fingerprint density at radius 2 is 1.04 bits per heavy atom. The predicted molar refractivity (Wildman–Crippen MR) is 287 cm³/mol. The van der Waals surface area contributed by atoms with Crippen molar-refractivity contribution in [2.75, 3.05) is 33.0 Å². The van der Waals surface area contributed by atoms with Gasteiger partial charge in [-0.1, -0.05) is 46.3 Å². The average molecular weight is 1210 g/mol. The molecule has 0 bridgehead atoms. The smallest absolute Gasteiger partial charge is 0.187 e. The van der Waals surface area contributed by atoms with Crippen LogP contribution in [0.3, 0.4) is 0 Å². The number of aliphatic hydroxyl groups is 16. The highest BCUT2D eigenvalue weighted by Crippen LogP contribution is 2.76. The Labute approximate surface area is 490 Å². The maximum Gasteiger partial charge on any atom is 0.187 e. The van der Waals surface area contributed by atoms with E-state index in [4.69, 9.17) is 47.4 Å². The number of ether oxygens (including phenoxy) is 10. The van der Waals surface area contributed by atoms with Crippen molar-refractivity contribution in [3.05, 3.63) is 11.6 Å². The first-order valence-corrected chi connectivity index (χ1v) is 30.2. The lowest BCUT2D eigenvalue weighted by atomic mass is 9.35. The van der Waals surface area contributed by atoms with E-state index < -0.39 is 196 Å². The van der Waals surface area contributed by atoms with Crippen LogP contribution >= 0.6 is 0 Å².